The number of nitrogens with zero attached hydrogens (tertiary/aromatic N) is 2. The zero-order valence-electron chi connectivity index (χ0n) is 15.9. The second-order valence-electron chi connectivity index (χ2n) is 6.79. The van der Waals surface area contributed by atoms with E-state index in [0.717, 1.165) is 5.56 Å². The van der Waals surface area contributed by atoms with Crippen LogP contribution < -0.4 is 5.32 Å². The molecular weight excluding hydrogens is 358 g/mol. The van der Waals surface area contributed by atoms with Crippen molar-refractivity contribution in [1.29, 1.82) is 0 Å². The number of amides is 2. The number of hydrogen-bond acceptors (Lipinski definition) is 4. The molecule has 0 saturated carbocycles. The summed E-state index contributed by atoms with van der Waals surface area (Å²) in [6, 6.07) is 15.8. The van der Waals surface area contributed by atoms with E-state index in [1.807, 2.05) is 30.3 Å². The van der Waals surface area contributed by atoms with Crippen LogP contribution in [0.3, 0.4) is 0 Å². The lowest BCUT2D eigenvalue weighted by atomic mass is 10.0. The second kappa shape index (κ2) is 9.34. The minimum absolute atomic E-state index is 0.174. The van der Waals surface area contributed by atoms with Crippen molar-refractivity contribution in [2.45, 2.75) is 12.6 Å². The molecule has 3 rings (SSSR count). The van der Waals surface area contributed by atoms with Crippen LogP contribution in [-0.2, 0) is 16.1 Å². The lowest BCUT2D eigenvalue weighted by Crippen LogP contribution is -2.43. The topological polar surface area (TPSA) is 82.1 Å². The third-order valence-electron chi connectivity index (χ3n) is 4.73. The highest BCUT2D eigenvalue weighted by Crippen LogP contribution is 2.23. The number of carboxylic acid groups (broad SMARTS) is 1. The molecule has 1 heterocycles. The van der Waals surface area contributed by atoms with Crippen molar-refractivity contribution in [1.82, 2.24) is 9.80 Å². The molecule has 0 radical (unpaired) electrons. The first-order chi connectivity index (χ1) is 13.5. The highest BCUT2D eigenvalue weighted by atomic mass is 16.5. The van der Waals surface area contributed by atoms with Crippen molar-refractivity contribution in [3.8, 4) is 0 Å². The Hall–Kier alpha value is -2.90. The average Bonchev–Trinajstić information content (AvgIpc) is 2.70. The first kappa shape index (κ1) is 19.9. The van der Waals surface area contributed by atoms with Crippen LogP contribution in [0.15, 0.2) is 54.6 Å². The standard InChI is InChI=1S/C21H25N3O4/c1-23(15-16-5-3-2-4-6-16)19(20(25)26)17-7-9-18(10-8-17)22-21(27)24-11-13-28-14-12-24/h2-10,19H,11-15H2,1H3,(H,22,27)(H,25,26). The number of ether oxygens (including phenoxy) is 1. The van der Waals surface area contributed by atoms with E-state index in [1.165, 1.54) is 0 Å². The third kappa shape index (κ3) is 5.09. The molecule has 1 fully saturated rings. The maximum atomic E-state index is 12.3. The molecule has 0 bridgehead atoms. The van der Waals surface area contributed by atoms with Gasteiger partial charge in [0.25, 0.3) is 0 Å². The lowest BCUT2D eigenvalue weighted by molar-refractivity contribution is -0.143. The molecule has 2 aromatic carbocycles. The van der Waals surface area contributed by atoms with Gasteiger partial charge in [0.2, 0.25) is 0 Å². The predicted octanol–water partition coefficient (Wildman–Crippen LogP) is 2.81. The molecule has 28 heavy (non-hydrogen) atoms. The first-order valence-electron chi connectivity index (χ1n) is 9.25. The van der Waals surface area contributed by atoms with Crippen molar-refractivity contribution in [2.75, 3.05) is 38.7 Å². The van der Waals surface area contributed by atoms with Crippen molar-refractivity contribution in [3.63, 3.8) is 0 Å². The van der Waals surface area contributed by atoms with Crippen molar-refractivity contribution in [3.05, 3.63) is 65.7 Å². The summed E-state index contributed by atoms with van der Waals surface area (Å²) in [4.78, 5) is 27.6. The molecule has 0 aromatic heterocycles. The molecule has 0 aliphatic carbocycles. The van der Waals surface area contributed by atoms with Crippen LogP contribution in [0.25, 0.3) is 0 Å². The van der Waals surface area contributed by atoms with Crippen molar-refractivity contribution >= 4 is 17.7 Å². The summed E-state index contributed by atoms with van der Waals surface area (Å²) in [5, 5.41) is 12.6. The van der Waals surface area contributed by atoms with Crippen LogP contribution in [0.2, 0.25) is 0 Å². The lowest BCUT2D eigenvalue weighted by Gasteiger charge is -2.27. The van der Waals surface area contributed by atoms with E-state index in [0.29, 0.717) is 44.1 Å². The largest absolute Gasteiger partial charge is 0.480 e. The fraction of sp³-hybridized carbons (Fsp3) is 0.333. The summed E-state index contributed by atoms with van der Waals surface area (Å²) < 4.78 is 5.25. The van der Waals surface area contributed by atoms with Gasteiger partial charge in [0.1, 0.15) is 6.04 Å². The van der Waals surface area contributed by atoms with Crippen molar-refractivity contribution in [2.24, 2.45) is 0 Å². The number of carbonyl (C=O) groups is 2. The fourth-order valence-electron chi connectivity index (χ4n) is 3.27. The summed E-state index contributed by atoms with van der Waals surface area (Å²) in [6.45, 7) is 2.73. The van der Waals surface area contributed by atoms with Gasteiger partial charge in [0.15, 0.2) is 0 Å². The number of morpholine rings is 1. The van der Waals surface area contributed by atoms with Crippen molar-refractivity contribution < 1.29 is 19.4 Å². The fourth-order valence-corrected chi connectivity index (χ4v) is 3.27. The van der Waals surface area contributed by atoms with E-state index in [9.17, 15) is 14.7 Å². The summed E-state index contributed by atoms with van der Waals surface area (Å²) >= 11 is 0. The van der Waals surface area contributed by atoms with Gasteiger partial charge >= 0.3 is 12.0 Å². The Kier molecular flexibility index (Phi) is 6.62. The van der Waals surface area contributed by atoms with Gasteiger partial charge < -0.3 is 20.1 Å². The summed E-state index contributed by atoms with van der Waals surface area (Å²) in [6.07, 6.45) is 0. The predicted molar refractivity (Wildman–Crippen MR) is 106 cm³/mol. The second-order valence-corrected chi connectivity index (χ2v) is 6.79. The molecule has 7 heteroatoms. The summed E-state index contributed by atoms with van der Waals surface area (Å²) in [7, 11) is 1.79. The van der Waals surface area contributed by atoms with Crippen LogP contribution >= 0.6 is 0 Å². The first-order valence-corrected chi connectivity index (χ1v) is 9.25. The summed E-state index contributed by atoms with van der Waals surface area (Å²) in [5.74, 6) is -0.913. The quantitative estimate of drug-likeness (QED) is 0.802. The molecule has 7 nitrogen and oxygen atoms in total. The summed E-state index contributed by atoms with van der Waals surface area (Å²) in [5.41, 5.74) is 2.34. The maximum absolute atomic E-state index is 12.3. The minimum Gasteiger partial charge on any atom is -0.480 e. The number of carboxylic acids is 1. The number of anilines is 1. The van der Waals surface area contributed by atoms with Crippen LogP contribution in [0, 0.1) is 0 Å². The molecule has 0 spiro atoms. The Morgan fingerprint density at radius 2 is 1.75 bits per heavy atom. The normalized spacial score (nSPS) is 15.3. The van der Waals surface area contributed by atoms with Gasteiger partial charge in [-0.3, -0.25) is 9.69 Å². The maximum Gasteiger partial charge on any atom is 0.325 e. The molecular formula is C21H25N3O4. The van der Waals surface area contributed by atoms with Gasteiger partial charge in [-0.2, -0.15) is 0 Å². The van der Waals surface area contributed by atoms with E-state index < -0.39 is 12.0 Å². The monoisotopic (exact) mass is 383 g/mol. The van der Waals surface area contributed by atoms with Crippen LogP contribution in [-0.4, -0.2) is 60.3 Å². The van der Waals surface area contributed by atoms with Gasteiger partial charge in [-0.1, -0.05) is 42.5 Å². The number of carbonyl (C=O) groups excluding carboxylic acids is 1. The van der Waals surface area contributed by atoms with Gasteiger partial charge in [-0.15, -0.1) is 0 Å². The minimum atomic E-state index is -0.913. The zero-order valence-corrected chi connectivity index (χ0v) is 15.9. The number of benzene rings is 2. The van der Waals surface area contributed by atoms with Gasteiger partial charge in [-0.25, -0.2) is 4.79 Å². The molecule has 1 aliphatic rings. The molecule has 1 atom stereocenters. The highest BCUT2D eigenvalue weighted by Gasteiger charge is 2.25. The van der Waals surface area contributed by atoms with Crippen LogP contribution in [0.1, 0.15) is 17.2 Å². The van der Waals surface area contributed by atoms with Gasteiger partial charge in [0.05, 0.1) is 13.2 Å². The van der Waals surface area contributed by atoms with Crippen LogP contribution in [0.5, 0.6) is 0 Å². The third-order valence-corrected chi connectivity index (χ3v) is 4.73. The number of nitrogens with one attached hydrogen (secondary N) is 1. The van der Waals surface area contributed by atoms with Crippen LogP contribution in [0.4, 0.5) is 10.5 Å². The number of likely N-dealkylation sites (N-methyl/N-ethyl adjacent to an activating group) is 1. The molecule has 2 aromatic rings. The smallest absolute Gasteiger partial charge is 0.325 e. The molecule has 1 aliphatic heterocycles. The number of urea groups is 1. The van der Waals surface area contributed by atoms with Gasteiger partial charge in [-0.05, 0) is 30.3 Å². The molecule has 1 unspecified atom stereocenters. The number of aliphatic carboxylic acids is 1. The van der Waals surface area contributed by atoms with E-state index in [-0.39, 0.29) is 6.03 Å². The Morgan fingerprint density at radius 3 is 2.36 bits per heavy atom. The van der Waals surface area contributed by atoms with E-state index >= 15 is 0 Å². The van der Waals surface area contributed by atoms with E-state index in [2.05, 4.69) is 5.32 Å². The zero-order chi connectivity index (χ0) is 19.9. The van der Waals surface area contributed by atoms with E-state index in [4.69, 9.17) is 4.74 Å². The Bertz CT molecular complexity index is 789. The molecule has 2 amide bonds. The van der Waals surface area contributed by atoms with E-state index in [1.54, 1.807) is 41.1 Å². The Labute approximate surface area is 164 Å². The molecule has 148 valence electrons. The number of rotatable bonds is 6. The Morgan fingerprint density at radius 1 is 1.11 bits per heavy atom. The molecule has 1 saturated heterocycles. The average molecular weight is 383 g/mol. The van der Waals surface area contributed by atoms with Gasteiger partial charge in [0, 0.05) is 25.3 Å². The number of hydrogen-bond donors (Lipinski definition) is 2. The Balaban J connectivity index is 1.66. The SMILES string of the molecule is CN(Cc1ccccc1)C(C(=O)O)c1ccc(NC(=O)N2CCOCC2)cc1. The molecule has 2 N–H and O–H groups in total. The highest BCUT2D eigenvalue weighted by molar-refractivity contribution is 5.89.